The van der Waals surface area contributed by atoms with E-state index in [9.17, 15) is 13.9 Å². The van der Waals surface area contributed by atoms with Gasteiger partial charge in [-0.3, -0.25) is 4.68 Å². The molecule has 2 heterocycles. The van der Waals surface area contributed by atoms with E-state index in [4.69, 9.17) is 0 Å². The van der Waals surface area contributed by atoms with E-state index in [2.05, 4.69) is 31.1 Å². The van der Waals surface area contributed by atoms with E-state index in [1.807, 2.05) is 24.3 Å². The zero-order chi connectivity index (χ0) is 21.3. The molecule has 2 atom stereocenters. The van der Waals surface area contributed by atoms with Crippen molar-refractivity contribution >= 4 is 15.9 Å². The van der Waals surface area contributed by atoms with Crippen molar-refractivity contribution in [1.29, 1.82) is 0 Å². The Balaban J connectivity index is 1.74. The molecular weight excluding hydrogens is 456 g/mol. The van der Waals surface area contributed by atoms with E-state index >= 15 is 0 Å². The van der Waals surface area contributed by atoms with Crippen LogP contribution in [-0.2, 0) is 12.1 Å². The van der Waals surface area contributed by atoms with Gasteiger partial charge in [0, 0.05) is 27.9 Å². The summed E-state index contributed by atoms with van der Waals surface area (Å²) in [5, 5.41) is 20.1. The molecule has 4 aromatic rings. The molecule has 0 amide bonds. The third-order valence-electron chi connectivity index (χ3n) is 5.13. The van der Waals surface area contributed by atoms with Gasteiger partial charge >= 0.3 is 0 Å². The standard InChI is InChI=1S/C21H18BrF2N5O/c1-14(29-10-16(9-26-29)15-2-4-17(22)5-3-15)21(30,11-28-13-25-12-27-28)19-7-6-18(23)8-20(19)24/h2-10,12-14,30H,11H2,1H3/t14-,21-/m1/s1. The van der Waals surface area contributed by atoms with Gasteiger partial charge in [0.25, 0.3) is 0 Å². The molecule has 1 N–H and O–H groups in total. The molecule has 30 heavy (non-hydrogen) atoms. The van der Waals surface area contributed by atoms with Gasteiger partial charge in [0.1, 0.15) is 29.9 Å². The lowest BCUT2D eigenvalue weighted by atomic mass is 9.86. The number of aliphatic hydroxyl groups is 1. The Hall–Kier alpha value is -2.91. The first-order chi connectivity index (χ1) is 14.4. The first kappa shape index (κ1) is 20.4. The molecule has 0 aliphatic heterocycles. The van der Waals surface area contributed by atoms with Gasteiger partial charge in [-0.25, -0.2) is 18.4 Å². The van der Waals surface area contributed by atoms with Gasteiger partial charge in [-0.1, -0.05) is 34.1 Å². The second kappa shape index (κ2) is 8.08. The largest absolute Gasteiger partial charge is 0.381 e. The van der Waals surface area contributed by atoms with Gasteiger partial charge in [-0.2, -0.15) is 10.2 Å². The Bertz CT molecular complexity index is 1150. The number of rotatable bonds is 6. The quantitative estimate of drug-likeness (QED) is 0.452. The Morgan fingerprint density at radius 2 is 1.87 bits per heavy atom. The van der Waals surface area contributed by atoms with Crippen molar-refractivity contribution in [2.24, 2.45) is 0 Å². The van der Waals surface area contributed by atoms with Crippen LogP contribution in [0.5, 0.6) is 0 Å². The highest BCUT2D eigenvalue weighted by atomic mass is 79.9. The van der Waals surface area contributed by atoms with Crippen molar-refractivity contribution in [3.05, 3.63) is 89.2 Å². The van der Waals surface area contributed by atoms with Crippen LogP contribution in [0.1, 0.15) is 18.5 Å². The lowest BCUT2D eigenvalue weighted by Crippen LogP contribution is -2.40. The SMILES string of the molecule is C[C@@H](n1cc(-c2ccc(Br)cc2)cn1)[C@](O)(Cn1cncn1)c1ccc(F)cc1F. The van der Waals surface area contributed by atoms with Crippen LogP contribution in [0.4, 0.5) is 8.78 Å². The summed E-state index contributed by atoms with van der Waals surface area (Å²) in [5.74, 6) is -1.56. The van der Waals surface area contributed by atoms with Gasteiger partial charge in [-0.15, -0.1) is 0 Å². The zero-order valence-corrected chi connectivity index (χ0v) is 17.5. The molecule has 0 unspecified atom stereocenters. The summed E-state index contributed by atoms with van der Waals surface area (Å²) in [6, 6.07) is 10.1. The number of hydrogen-bond donors (Lipinski definition) is 1. The summed E-state index contributed by atoms with van der Waals surface area (Å²) in [5.41, 5.74) is -0.0249. The highest BCUT2D eigenvalue weighted by Gasteiger charge is 2.40. The van der Waals surface area contributed by atoms with Crippen molar-refractivity contribution in [2.45, 2.75) is 25.1 Å². The lowest BCUT2D eigenvalue weighted by Gasteiger charge is -2.34. The zero-order valence-electron chi connectivity index (χ0n) is 16.0. The average Bonchev–Trinajstić information content (AvgIpc) is 3.40. The maximum atomic E-state index is 14.7. The molecule has 6 nitrogen and oxygen atoms in total. The maximum absolute atomic E-state index is 14.7. The molecule has 2 aromatic carbocycles. The van der Waals surface area contributed by atoms with Crippen LogP contribution in [0, 0.1) is 11.6 Å². The summed E-state index contributed by atoms with van der Waals surface area (Å²) >= 11 is 3.41. The van der Waals surface area contributed by atoms with E-state index in [-0.39, 0.29) is 12.1 Å². The second-order valence-electron chi connectivity index (χ2n) is 7.03. The smallest absolute Gasteiger partial charge is 0.137 e. The third-order valence-corrected chi connectivity index (χ3v) is 5.66. The molecule has 4 rings (SSSR count). The molecule has 0 saturated heterocycles. The van der Waals surface area contributed by atoms with Crippen LogP contribution >= 0.6 is 15.9 Å². The first-order valence-electron chi connectivity index (χ1n) is 9.17. The first-order valence-corrected chi connectivity index (χ1v) is 9.96. The number of aromatic nitrogens is 5. The molecule has 2 aromatic heterocycles. The molecule has 0 fully saturated rings. The van der Waals surface area contributed by atoms with Crippen LogP contribution in [0.15, 0.2) is 72.0 Å². The van der Waals surface area contributed by atoms with Crippen molar-refractivity contribution in [3.63, 3.8) is 0 Å². The number of halogens is 3. The Morgan fingerprint density at radius 3 is 2.53 bits per heavy atom. The lowest BCUT2D eigenvalue weighted by molar-refractivity contribution is -0.0368. The minimum absolute atomic E-state index is 0.0485. The van der Waals surface area contributed by atoms with E-state index in [0.29, 0.717) is 0 Å². The summed E-state index contributed by atoms with van der Waals surface area (Å²) in [6.45, 7) is 1.63. The third kappa shape index (κ3) is 3.90. The predicted molar refractivity (Wildman–Crippen MR) is 110 cm³/mol. The highest BCUT2D eigenvalue weighted by Crippen LogP contribution is 2.37. The molecule has 154 valence electrons. The summed E-state index contributed by atoms with van der Waals surface area (Å²) in [6.07, 6.45) is 6.21. The molecular formula is C21H18BrF2N5O. The van der Waals surface area contributed by atoms with E-state index in [1.165, 1.54) is 23.4 Å². The van der Waals surface area contributed by atoms with Gasteiger partial charge in [0.2, 0.25) is 0 Å². The van der Waals surface area contributed by atoms with Crippen molar-refractivity contribution in [1.82, 2.24) is 24.5 Å². The Kier molecular flexibility index (Phi) is 5.48. The van der Waals surface area contributed by atoms with Gasteiger partial charge in [0.15, 0.2) is 0 Å². The summed E-state index contributed by atoms with van der Waals surface area (Å²) in [7, 11) is 0. The van der Waals surface area contributed by atoms with E-state index in [1.54, 1.807) is 24.0 Å². The van der Waals surface area contributed by atoms with Crippen LogP contribution in [0.3, 0.4) is 0 Å². The average molecular weight is 474 g/mol. The Morgan fingerprint density at radius 1 is 1.10 bits per heavy atom. The number of hydrogen-bond acceptors (Lipinski definition) is 4. The monoisotopic (exact) mass is 473 g/mol. The fraction of sp³-hybridized carbons (Fsp3) is 0.190. The van der Waals surface area contributed by atoms with E-state index in [0.717, 1.165) is 27.7 Å². The van der Waals surface area contributed by atoms with Crippen molar-refractivity contribution in [2.75, 3.05) is 0 Å². The molecule has 0 saturated carbocycles. The summed E-state index contributed by atoms with van der Waals surface area (Å²) < 4.78 is 32.1. The van der Waals surface area contributed by atoms with Gasteiger partial charge in [-0.05, 0) is 30.7 Å². The molecule has 0 aliphatic rings. The van der Waals surface area contributed by atoms with Crippen molar-refractivity contribution < 1.29 is 13.9 Å². The molecule has 0 aliphatic carbocycles. The van der Waals surface area contributed by atoms with Gasteiger partial charge in [0.05, 0.1) is 18.8 Å². The van der Waals surface area contributed by atoms with E-state index < -0.39 is 23.3 Å². The molecule has 0 bridgehead atoms. The predicted octanol–water partition coefficient (Wildman–Crippen LogP) is 4.33. The summed E-state index contributed by atoms with van der Waals surface area (Å²) in [4.78, 5) is 3.88. The highest BCUT2D eigenvalue weighted by molar-refractivity contribution is 9.10. The molecule has 9 heteroatoms. The Labute approximate surface area is 179 Å². The minimum Gasteiger partial charge on any atom is -0.381 e. The van der Waals surface area contributed by atoms with Crippen LogP contribution in [0.25, 0.3) is 11.1 Å². The normalized spacial score (nSPS) is 14.4. The van der Waals surface area contributed by atoms with Crippen LogP contribution < -0.4 is 0 Å². The fourth-order valence-electron chi connectivity index (χ4n) is 3.40. The minimum atomic E-state index is -1.77. The molecule has 0 spiro atoms. The van der Waals surface area contributed by atoms with Crippen LogP contribution in [0.2, 0.25) is 0 Å². The van der Waals surface area contributed by atoms with Crippen molar-refractivity contribution in [3.8, 4) is 11.1 Å². The number of nitrogens with zero attached hydrogens (tertiary/aromatic N) is 5. The molecule has 0 radical (unpaired) electrons. The fourth-order valence-corrected chi connectivity index (χ4v) is 3.67. The van der Waals surface area contributed by atoms with Gasteiger partial charge < -0.3 is 5.11 Å². The second-order valence-corrected chi connectivity index (χ2v) is 7.95. The topological polar surface area (TPSA) is 68.8 Å². The maximum Gasteiger partial charge on any atom is 0.137 e. The van der Waals surface area contributed by atoms with Crippen LogP contribution in [-0.4, -0.2) is 29.7 Å². The number of benzene rings is 2.